The number of hydrogen-bond donors (Lipinski definition) is 2. The third kappa shape index (κ3) is 4.85. The van der Waals surface area contributed by atoms with E-state index in [0.29, 0.717) is 23.8 Å². The Morgan fingerprint density at radius 3 is 2.85 bits per heavy atom. The van der Waals surface area contributed by atoms with Crippen LogP contribution in [0, 0.1) is 18.3 Å². The Bertz CT molecular complexity index is 1200. The second-order valence-electron chi connectivity index (χ2n) is 7.95. The number of fused-ring (bicyclic) bond motifs is 1. The lowest BCUT2D eigenvalue weighted by molar-refractivity contribution is -0.118. The summed E-state index contributed by atoms with van der Waals surface area (Å²) in [6.45, 7) is 3.26. The molecule has 2 aromatic heterocycles. The average molecular weight is 444 g/mol. The molecule has 3 aromatic rings. The standard InChI is InChI=1S/C24H25N7O2/c1-15-3-5-21(17(9-15)11-25)31-8-7-19-18(13-31)24(29-14-28-19)30-20(10-22(26)32)16-4-6-23(33-2)27-12-16/h3-6,9,12,14,20H,7-8,10,13H2,1-2H3,(H2,26,32)(H,28,29,30)/t20-/m1/s1. The number of carbonyl (C=O) groups excluding carboxylic acids is 1. The summed E-state index contributed by atoms with van der Waals surface area (Å²) < 4.78 is 5.13. The molecule has 1 aliphatic rings. The number of rotatable bonds is 7. The van der Waals surface area contributed by atoms with Gasteiger partial charge in [-0.3, -0.25) is 4.79 Å². The highest BCUT2D eigenvalue weighted by atomic mass is 16.5. The summed E-state index contributed by atoms with van der Waals surface area (Å²) in [5, 5.41) is 13.0. The summed E-state index contributed by atoms with van der Waals surface area (Å²) in [5.41, 5.74) is 10.8. The Kier molecular flexibility index (Phi) is 6.36. The van der Waals surface area contributed by atoms with Gasteiger partial charge in [0.05, 0.1) is 36.5 Å². The number of pyridine rings is 1. The fraction of sp³-hybridized carbons (Fsp3) is 0.292. The van der Waals surface area contributed by atoms with Gasteiger partial charge in [0, 0.05) is 37.3 Å². The predicted molar refractivity (Wildman–Crippen MR) is 124 cm³/mol. The molecule has 9 heteroatoms. The average Bonchev–Trinajstić information content (AvgIpc) is 2.83. The van der Waals surface area contributed by atoms with Gasteiger partial charge in [0.1, 0.15) is 18.2 Å². The molecule has 33 heavy (non-hydrogen) atoms. The van der Waals surface area contributed by atoms with Gasteiger partial charge >= 0.3 is 0 Å². The molecule has 1 aromatic carbocycles. The van der Waals surface area contributed by atoms with Crippen molar-refractivity contribution in [2.24, 2.45) is 5.73 Å². The summed E-state index contributed by atoms with van der Waals surface area (Å²) in [4.78, 5) is 27.1. The number of primary amides is 1. The molecule has 3 heterocycles. The zero-order valence-electron chi connectivity index (χ0n) is 18.6. The number of hydrogen-bond acceptors (Lipinski definition) is 8. The van der Waals surface area contributed by atoms with Crippen LogP contribution in [0.4, 0.5) is 11.5 Å². The number of carbonyl (C=O) groups is 1. The van der Waals surface area contributed by atoms with E-state index < -0.39 is 11.9 Å². The van der Waals surface area contributed by atoms with Crippen molar-refractivity contribution in [3.8, 4) is 11.9 Å². The number of aromatic nitrogens is 3. The van der Waals surface area contributed by atoms with Gasteiger partial charge in [-0.15, -0.1) is 0 Å². The molecule has 168 valence electrons. The first-order valence-electron chi connectivity index (χ1n) is 10.6. The van der Waals surface area contributed by atoms with Gasteiger partial charge in [-0.25, -0.2) is 15.0 Å². The first kappa shape index (κ1) is 22.0. The lowest BCUT2D eigenvalue weighted by Crippen LogP contribution is -2.33. The zero-order valence-corrected chi connectivity index (χ0v) is 18.6. The highest BCUT2D eigenvalue weighted by Gasteiger charge is 2.25. The fourth-order valence-electron chi connectivity index (χ4n) is 4.02. The van der Waals surface area contributed by atoms with Gasteiger partial charge in [0.2, 0.25) is 11.8 Å². The number of nitriles is 1. The highest BCUT2D eigenvalue weighted by molar-refractivity contribution is 5.75. The number of ether oxygens (including phenoxy) is 1. The van der Waals surface area contributed by atoms with Crippen molar-refractivity contribution in [1.82, 2.24) is 15.0 Å². The second kappa shape index (κ2) is 9.53. The van der Waals surface area contributed by atoms with Gasteiger partial charge in [-0.05, 0) is 30.2 Å². The Labute approximate surface area is 192 Å². The molecule has 9 nitrogen and oxygen atoms in total. The zero-order chi connectivity index (χ0) is 23.4. The SMILES string of the molecule is COc1ccc([C@@H](CC(N)=O)Nc2ncnc3c2CN(c2ccc(C)cc2C#N)CC3)cn1. The van der Waals surface area contributed by atoms with Crippen molar-refractivity contribution in [3.05, 3.63) is 70.8 Å². The van der Waals surface area contributed by atoms with Crippen LogP contribution in [-0.4, -0.2) is 34.5 Å². The van der Waals surface area contributed by atoms with E-state index in [-0.39, 0.29) is 6.42 Å². The van der Waals surface area contributed by atoms with Gasteiger partial charge in [-0.2, -0.15) is 5.26 Å². The minimum absolute atomic E-state index is 0.0764. The smallest absolute Gasteiger partial charge is 0.219 e. The molecule has 1 aliphatic heterocycles. The van der Waals surface area contributed by atoms with Crippen molar-refractivity contribution >= 4 is 17.4 Å². The van der Waals surface area contributed by atoms with Gasteiger partial charge < -0.3 is 20.7 Å². The predicted octanol–water partition coefficient (Wildman–Crippen LogP) is 2.65. The number of anilines is 2. The van der Waals surface area contributed by atoms with E-state index in [4.69, 9.17) is 10.5 Å². The Balaban J connectivity index is 1.65. The minimum Gasteiger partial charge on any atom is -0.481 e. The Hall–Kier alpha value is -4.19. The number of aryl methyl sites for hydroxylation is 1. The molecule has 0 fully saturated rings. The Morgan fingerprint density at radius 1 is 1.30 bits per heavy atom. The molecule has 1 atom stereocenters. The van der Waals surface area contributed by atoms with Crippen LogP contribution >= 0.6 is 0 Å². The van der Waals surface area contributed by atoms with Crippen LogP contribution in [0.15, 0.2) is 42.9 Å². The topological polar surface area (TPSA) is 130 Å². The first-order chi connectivity index (χ1) is 16.0. The molecule has 3 N–H and O–H groups in total. The third-order valence-electron chi connectivity index (χ3n) is 5.70. The van der Waals surface area contributed by atoms with Crippen molar-refractivity contribution in [2.75, 3.05) is 23.9 Å². The second-order valence-corrected chi connectivity index (χ2v) is 7.95. The maximum absolute atomic E-state index is 11.8. The highest BCUT2D eigenvalue weighted by Crippen LogP contribution is 2.31. The van der Waals surface area contributed by atoms with E-state index in [1.54, 1.807) is 19.4 Å². The van der Waals surface area contributed by atoms with Crippen LogP contribution in [0.3, 0.4) is 0 Å². The first-order valence-corrected chi connectivity index (χ1v) is 10.6. The quantitative estimate of drug-likeness (QED) is 0.570. The van der Waals surface area contributed by atoms with Gasteiger partial charge in [-0.1, -0.05) is 12.1 Å². The number of nitrogens with two attached hydrogens (primary N) is 1. The van der Waals surface area contributed by atoms with Crippen molar-refractivity contribution in [3.63, 3.8) is 0 Å². The van der Waals surface area contributed by atoms with Crippen molar-refractivity contribution in [1.29, 1.82) is 5.26 Å². The normalized spacial score (nSPS) is 13.5. The monoisotopic (exact) mass is 443 g/mol. The number of nitrogens with zero attached hydrogens (tertiary/aromatic N) is 5. The van der Waals surface area contributed by atoms with Crippen LogP contribution in [0.2, 0.25) is 0 Å². The van der Waals surface area contributed by atoms with E-state index in [1.807, 2.05) is 31.2 Å². The van der Waals surface area contributed by atoms with Crippen LogP contribution < -0.4 is 20.7 Å². The van der Waals surface area contributed by atoms with E-state index in [0.717, 1.165) is 41.0 Å². The summed E-state index contributed by atoms with van der Waals surface area (Å²) in [5.74, 6) is 0.682. The van der Waals surface area contributed by atoms with Crippen molar-refractivity contribution in [2.45, 2.75) is 32.4 Å². The summed E-state index contributed by atoms with van der Waals surface area (Å²) >= 11 is 0. The summed E-state index contributed by atoms with van der Waals surface area (Å²) in [7, 11) is 1.55. The largest absolute Gasteiger partial charge is 0.481 e. The van der Waals surface area contributed by atoms with E-state index in [9.17, 15) is 10.1 Å². The number of benzene rings is 1. The van der Waals surface area contributed by atoms with E-state index in [1.165, 1.54) is 6.33 Å². The maximum atomic E-state index is 11.8. The Morgan fingerprint density at radius 2 is 2.15 bits per heavy atom. The fourth-order valence-corrected chi connectivity index (χ4v) is 4.02. The van der Waals surface area contributed by atoms with Crippen LogP contribution in [0.5, 0.6) is 5.88 Å². The van der Waals surface area contributed by atoms with Crippen LogP contribution in [-0.2, 0) is 17.8 Å². The number of nitrogens with one attached hydrogen (secondary N) is 1. The third-order valence-corrected chi connectivity index (χ3v) is 5.70. The molecular formula is C24H25N7O2. The van der Waals surface area contributed by atoms with Crippen LogP contribution in [0.1, 0.15) is 40.4 Å². The molecule has 0 saturated heterocycles. The van der Waals surface area contributed by atoms with Gasteiger partial charge in [0.25, 0.3) is 0 Å². The van der Waals surface area contributed by atoms with Gasteiger partial charge in [0.15, 0.2) is 0 Å². The number of amides is 1. The summed E-state index contributed by atoms with van der Waals surface area (Å²) in [6, 6.07) is 11.4. The molecule has 0 saturated carbocycles. The van der Waals surface area contributed by atoms with Crippen molar-refractivity contribution < 1.29 is 9.53 Å². The number of methoxy groups -OCH3 is 1. The molecule has 0 radical (unpaired) electrons. The molecule has 4 rings (SSSR count). The molecule has 0 bridgehead atoms. The minimum atomic E-state index is -0.439. The lowest BCUT2D eigenvalue weighted by Gasteiger charge is -2.32. The molecule has 0 aliphatic carbocycles. The molecule has 1 amide bonds. The van der Waals surface area contributed by atoms with Crippen LogP contribution in [0.25, 0.3) is 0 Å². The molecular weight excluding hydrogens is 418 g/mol. The van der Waals surface area contributed by atoms with E-state index in [2.05, 4.69) is 31.2 Å². The lowest BCUT2D eigenvalue weighted by atomic mass is 10.0. The molecule has 0 spiro atoms. The summed E-state index contributed by atoms with van der Waals surface area (Å²) in [6.07, 6.45) is 3.98. The molecule has 0 unspecified atom stereocenters. The van der Waals surface area contributed by atoms with E-state index >= 15 is 0 Å². The maximum Gasteiger partial charge on any atom is 0.219 e.